The fourth-order valence-corrected chi connectivity index (χ4v) is 2.47. The minimum absolute atomic E-state index is 0.0792. The van der Waals surface area contributed by atoms with Gasteiger partial charge in [0.1, 0.15) is 6.54 Å². The van der Waals surface area contributed by atoms with Gasteiger partial charge in [-0.15, -0.1) is 0 Å². The number of urea groups is 1. The molecule has 0 fully saturated rings. The Hall–Kier alpha value is -3.30. The first kappa shape index (κ1) is 16.6. The highest BCUT2D eigenvalue weighted by Crippen LogP contribution is 2.29. The molecular weight excluding hydrogens is 318 g/mol. The number of hydroxylamine groups is 2. The summed E-state index contributed by atoms with van der Waals surface area (Å²) in [5.74, 6) is 5.57. The number of benzene rings is 2. The van der Waals surface area contributed by atoms with Gasteiger partial charge in [0.15, 0.2) is 6.10 Å². The van der Waals surface area contributed by atoms with Crippen LogP contribution in [0.4, 0.5) is 4.79 Å². The number of amides is 2. The molecule has 2 amide bonds. The molecule has 2 aromatic carbocycles. The third-order valence-electron chi connectivity index (χ3n) is 3.75. The molecule has 0 saturated heterocycles. The fourth-order valence-electron chi connectivity index (χ4n) is 2.47. The van der Waals surface area contributed by atoms with Crippen LogP contribution in [0.3, 0.4) is 0 Å². The maximum Gasteiger partial charge on any atom is 0.339 e. The molecule has 0 bridgehead atoms. The number of rotatable bonds is 3. The lowest BCUT2D eigenvalue weighted by atomic mass is 9.99. The first-order chi connectivity index (χ1) is 12.1. The SMILES string of the molecule is NC(=O)N(O)CC#Cc1cccc(C2=NOC(c3ccccc3)C2)c1. The van der Waals surface area contributed by atoms with Gasteiger partial charge in [-0.25, -0.2) is 4.79 Å². The Bertz CT molecular complexity index is 853. The summed E-state index contributed by atoms with van der Waals surface area (Å²) in [6.07, 6.45) is 0.608. The maximum absolute atomic E-state index is 10.7. The quantitative estimate of drug-likeness (QED) is 0.513. The molecule has 0 spiro atoms. The van der Waals surface area contributed by atoms with E-state index in [1.54, 1.807) is 0 Å². The molecule has 3 rings (SSSR count). The summed E-state index contributed by atoms with van der Waals surface area (Å²) in [7, 11) is 0. The summed E-state index contributed by atoms with van der Waals surface area (Å²) < 4.78 is 0. The molecule has 0 saturated carbocycles. The van der Waals surface area contributed by atoms with Crippen LogP contribution < -0.4 is 5.73 Å². The molecule has 6 nitrogen and oxygen atoms in total. The standard InChI is InChI=1S/C19H17N3O3/c20-19(23)22(24)11-5-7-14-6-4-10-16(12-14)17-13-18(25-21-17)15-8-2-1-3-9-15/h1-4,6,8-10,12,18,24H,11,13H2,(H2,20,23). The Labute approximate surface area is 145 Å². The number of oxime groups is 1. The molecule has 0 radical (unpaired) electrons. The number of nitrogens with zero attached hydrogens (tertiary/aromatic N) is 2. The van der Waals surface area contributed by atoms with Gasteiger partial charge >= 0.3 is 6.03 Å². The van der Waals surface area contributed by atoms with Crippen molar-refractivity contribution < 1.29 is 14.8 Å². The largest absolute Gasteiger partial charge is 0.387 e. The van der Waals surface area contributed by atoms with Crippen molar-refractivity contribution in [3.05, 3.63) is 71.3 Å². The third kappa shape index (κ3) is 4.16. The summed E-state index contributed by atoms with van der Waals surface area (Å²) in [5, 5.41) is 13.7. The van der Waals surface area contributed by atoms with Crippen molar-refractivity contribution in [3.8, 4) is 11.8 Å². The van der Waals surface area contributed by atoms with E-state index in [0.717, 1.165) is 22.4 Å². The van der Waals surface area contributed by atoms with Crippen LogP contribution >= 0.6 is 0 Å². The normalized spacial score (nSPS) is 15.6. The van der Waals surface area contributed by atoms with Gasteiger partial charge in [0.05, 0.1) is 5.71 Å². The molecule has 1 heterocycles. The minimum Gasteiger partial charge on any atom is -0.387 e. The predicted octanol–water partition coefficient (Wildman–Crippen LogP) is 2.67. The van der Waals surface area contributed by atoms with E-state index in [4.69, 9.17) is 10.6 Å². The highest BCUT2D eigenvalue weighted by Gasteiger charge is 2.23. The highest BCUT2D eigenvalue weighted by molar-refractivity contribution is 6.01. The van der Waals surface area contributed by atoms with Gasteiger partial charge in [-0.2, -0.15) is 5.06 Å². The van der Waals surface area contributed by atoms with E-state index in [-0.39, 0.29) is 12.6 Å². The molecule has 1 aliphatic heterocycles. The molecule has 1 unspecified atom stereocenters. The average Bonchev–Trinajstić information content (AvgIpc) is 3.13. The number of hydrogen-bond donors (Lipinski definition) is 2. The Kier molecular flexibility index (Phi) is 4.97. The van der Waals surface area contributed by atoms with E-state index in [1.807, 2.05) is 54.6 Å². The van der Waals surface area contributed by atoms with Gasteiger partial charge in [0.25, 0.3) is 0 Å². The number of primary amides is 1. The molecule has 2 aromatic rings. The lowest BCUT2D eigenvalue weighted by Crippen LogP contribution is -2.32. The zero-order valence-electron chi connectivity index (χ0n) is 13.4. The Balaban J connectivity index is 1.68. The lowest BCUT2D eigenvalue weighted by Gasteiger charge is -2.07. The second-order valence-electron chi connectivity index (χ2n) is 5.53. The second kappa shape index (κ2) is 7.51. The van der Waals surface area contributed by atoms with Crippen LogP contribution in [0.15, 0.2) is 59.8 Å². The summed E-state index contributed by atoms with van der Waals surface area (Å²) >= 11 is 0. The van der Waals surface area contributed by atoms with Crippen LogP contribution in [-0.2, 0) is 4.84 Å². The monoisotopic (exact) mass is 335 g/mol. The topological polar surface area (TPSA) is 88.2 Å². The second-order valence-corrected chi connectivity index (χ2v) is 5.53. The molecule has 0 aromatic heterocycles. The molecule has 3 N–H and O–H groups in total. The first-order valence-electron chi connectivity index (χ1n) is 7.76. The summed E-state index contributed by atoms with van der Waals surface area (Å²) in [4.78, 5) is 16.3. The van der Waals surface area contributed by atoms with Gasteiger partial charge in [-0.3, -0.25) is 5.21 Å². The lowest BCUT2D eigenvalue weighted by molar-refractivity contribution is -0.0269. The van der Waals surface area contributed by atoms with Crippen molar-refractivity contribution >= 4 is 11.7 Å². The van der Waals surface area contributed by atoms with E-state index in [9.17, 15) is 10.0 Å². The number of hydrogen-bond acceptors (Lipinski definition) is 4. The molecule has 126 valence electrons. The maximum atomic E-state index is 10.7. The van der Waals surface area contributed by atoms with Gasteiger partial charge in [0, 0.05) is 17.5 Å². The van der Waals surface area contributed by atoms with Crippen LogP contribution in [0.25, 0.3) is 0 Å². The van der Waals surface area contributed by atoms with E-state index >= 15 is 0 Å². The molecular formula is C19H17N3O3. The van der Waals surface area contributed by atoms with Gasteiger partial charge in [0.2, 0.25) is 0 Å². The zero-order valence-corrected chi connectivity index (χ0v) is 13.4. The molecule has 0 aliphatic carbocycles. The molecule has 1 atom stereocenters. The van der Waals surface area contributed by atoms with Crippen LogP contribution in [0, 0.1) is 11.8 Å². The van der Waals surface area contributed by atoms with Crippen molar-refractivity contribution in [1.82, 2.24) is 5.06 Å². The zero-order chi connectivity index (χ0) is 17.6. The number of carbonyl (C=O) groups is 1. The molecule has 25 heavy (non-hydrogen) atoms. The number of nitrogens with two attached hydrogens (primary N) is 1. The predicted molar refractivity (Wildman–Crippen MR) is 92.8 cm³/mol. The summed E-state index contributed by atoms with van der Waals surface area (Å²) in [5.41, 5.74) is 8.55. The Morgan fingerprint density at radius 1 is 1.28 bits per heavy atom. The van der Waals surface area contributed by atoms with E-state index in [2.05, 4.69) is 17.0 Å². The Morgan fingerprint density at radius 3 is 2.84 bits per heavy atom. The number of carbonyl (C=O) groups excluding carboxylic acids is 1. The fraction of sp³-hybridized carbons (Fsp3) is 0.158. The van der Waals surface area contributed by atoms with Crippen LogP contribution in [0.5, 0.6) is 0 Å². The van der Waals surface area contributed by atoms with Crippen LogP contribution in [-0.4, -0.2) is 28.6 Å². The summed E-state index contributed by atoms with van der Waals surface area (Å²) in [6.45, 7) is -0.153. The smallest absolute Gasteiger partial charge is 0.339 e. The first-order valence-corrected chi connectivity index (χ1v) is 7.76. The van der Waals surface area contributed by atoms with Crippen molar-refractivity contribution in [2.45, 2.75) is 12.5 Å². The molecule has 1 aliphatic rings. The van der Waals surface area contributed by atoms with Gasteiger partial charge < -0.3 is 10.6 Å². The summed E-state index contributed by atoms with van der Waals surface area (Å²) in [6, 6.07) is 16.6. The van der Waals surface area contributed by atoms with Crippen molar-refractivity contribution in [2.24, 2.45) is 10.9 Å². The van der Waals surface area contributed by atoms with Crippen LogP contribution in [0.1, 0.15) is 29.2 Å². The van der Waals surface area contributed by atoms with E-state index in [1.165, 1.54) is 0 Å². The highest BCUT2D eigenvalue weighted by atomic mass is 16.6. The van der Waals surface area contributed by atoms with Crippen LogP contribution in [0.2, 0.25) is 0 Å². The van der Waals surface area contributed by atoms with E-state index < -0.39 is 6.03 Å². The molecule has 6 heteroatoms. The Morgan fingerprint density at radius 2 is 2.08 bits per heavy atom. The van der Waals surface area contributed by atoms with E-state index in [0.29, 0.717) is 11.5 Å². The minimum atomic E-state index is -0.938. The van der Waals surface area contributed by atoms with Crippen molar-refractivity contribution in [3.63, 3.8) is 0 Å². The average molecular weight is 335 g/mol. The van der Waals surface area contributed by atoms with Gasteiger partial charge in [-0.05, 0) is 17.7 Å². The van der Waals surface area contributed by atoms with Crippen molar-refractivity contribution in [2.75, 3.05) is 6.54 Å². The van der Waals surface area contributed by atoms with Gasteiger partial charge in [-0.1, -0.05) is 59.5 Å². The van der Waals surface area contributed by atoms with Crippen molar-refractivity contribution in [1.29, 1.82) is 0 Å². The third-order valence-corrected chi connectivity index (χ3v) is 3.75.